The van der Waals surface area contributed by atoms with E-state index in [1.165, 1.54) is 12.8 Å². The first-order chi connectivity index (χ1) is 12.3. The van der Waals surface area contributed by atoms with Crippen molar-refractivity contribution in [3.63, 3.8) is 0 Å². The van der Waals surface area contributed by atoms with Crippen LogP contribution in [0, 0.1) is 0 Å². The molecule has 26 heavy (non-hydrogen) atoms. The first-order valence-corrected chi connectivity index (χ1v) is 10.5. The van der Waals surface area contributed by atoms with Crippen LogP contribution < -0.4 is 4.90 Å². The third kappa shape index (κ3) is 4.90. The number of piperidine rings is 1. The zero-order chi connectivity index (χ0) is 18.7. The van der Waals surface area contributed by atoms with Gasteiger partial charge in [0.2, 0.25) is 0 Å². The van der Waals surface area contributed by atoms with Crippen molar-refractivity contribution >= 4 is 27.8 Å². The van der Waals surface area contributed by atoms with Crippen molar-refractivity contribution in [1.29, 1.82) is 0 Å². The maximum absolute atomic E-state index is 12.9. The van der Waals surface area contributed by atoms with Gasteiger partial charge in [-0.15, -0.1) is 0 Å². The first kappa shape index (κ1) is 19.5. The smallest absolute Gasteiger partial charge is 0.410 e. The predicted molar refractivity (Wildman–Crippen MR) is 108 cm³/mol. The van der Waals surface area contributed by atoms with Gasteiger partial charge in [0, 0.05) is 35.8 Å². The van der Waals surface area contributed by atoms with E-state index in [-0.39, 0.29) is 12.1 Å². The molecule has 144 valence electrons. The molecule has 1 aliphatic heterocycles. The Morgan fingerprint density at radius 1 is 1.15 bits per heavy atom. The van der Waals surface area contributed by atoms with Crippen LogP contribution in [-0.4, -0.2) is 46.8 Å². The fraction of sp³-hybridized carbons (Fsp3) is 0.700. The Morgan fingerprint density at radius 3 is 2.31 bits per heavy atom. The SMILES string of the molecule is CC(C)(C)OC(=O)N(C1CCCC1)C1CCN(c2ccc(Br)cn2)CC1. The number of hydrogen-bond donors (Lipinski definition) is 0. The van der Waals surface area contributed by atoms with E-state index in [0.29, 0.717) is 6.04 Å². The van der Waals surface area contributed by atoms with Crippen LogP contribution in [0.25, 0.3) is 0 Å². The second-order valence-electron chi connectivity index (χ2n) is 8.38. The van der Waals surface area contributed by atoms with E-state index >= 15 is 0 Å². The lowest BCUT2D eigenvalue weighted by molar-refractivity contribution is 0.00236. The maximum atomic E-state index is 12.9. The van der Waals surface area contributed by atoms with Crippen molar-refractivity contribution < 1.29 is 9.53 Å². The van der Waals surface area contributed by atoms with Gasteiger partial charge >= 0.3 is 6.09 Å². The molecule has 1 aromatic heterocycles. The van der Waals surface area contributed by atoms with Crippen LogP contribution in [0.5, 0.6) is 0 Å². The monoisotopic (exact) mass is 423 g/mol. The van der Waals surface area contributed by atoms with E-state index < -0.39 is 5.60 Å². The van der Waals surface area contributed by atoms with Gasteiger partial charge in [0.25, 0.3) is 0 Å². The van der Waals surface area contributed by atoms with E-state index in [2.05, 4.69) is 30.7 Å². The van der Waals surface area contributed by atoms with Gasteiger partial charge in [-0.05, 0) is 74.5 Å². The minimum atomic E-state index is -0.448. The Kier molecular flexibility index (Phi) is 6.10. The molecule has 1 saturated heterocycles. The highest BCUT2D eigenvalue weighted by molar-refractivity contribution is 9.10. The highest BCUT2D eigenvalue weighted by Gasteiger charge is 2.37. The molecule has 0 unspecified atom stereocenters. The highest BCUT2D eigenvalue weighted by Crippen LogP contribution is 2.31. The Morgan fingerprint density at radius 2 is 1.77 bits per heavy atom. The molecule has 2 aliphatic rings. The number of nitrogens with zero attached hydrogens (tertiary/aromatic N) is 3. The summed E-state index contributed by atoms with van der Waals surface area (Å²) in [5, 5.41) is 0. The molecule has 0 atom stereocenters. The topological polar surface area (TPSA) is 45.7 Å². The molecular weight excluding hydrogens is 394 g/mol. The molecule has 2 fully saturated rings. The average Bonchev–Trinajstić information content (AvgIpc) is 3.09. The molecule has 1 amide bonds. The van der Waals surface area contributed by atoms with Crippen molar-refractivity contribution in [3.05, 3.63) is 22.8 Å². The fourth-order valence-electron chi connectivity index (χ4n) is 4.02. The van der Waals surface area contributed by atoms with Crippen LogP contribution in [0.4, 0.5) is 10.6 Å². The molecular formula is C20H30BrN3O2. The number of pyridine rings is 1. The van der Waals surface area contributed by atoms with Gasteiger partial charge in [-0.3, -0.25) is 0 Å². The Bertz CT molecular complexity index is 600. The lowest BCUT2D eigenvalue weighted by Crippen LogP contribution is -2.52. The highest BCUT2D eigenvalue weighted by atomic mass is 79.9. The largest absolute Gasteiger partial charge is 0.444 e. The predicted octanol–water partition coefficient (Wildman–Crippen LogP) is 4.99. The molecule has 2 heterocycles. The molecule has 5 nitrogen and oxygen atoms in total. The minimum Gasteiger partial charge on any atom is -0.444 e. The molecule has 6 heteroatoms. The third-order valence-corrected chi connectivity index (χ3v) is 5.69. The van der Waals surface area contributed by atoms with Crippen molar-refractivity contribution in [2.24, 2.45) is 0 Å². The lowest BCUT2D eigenvalue weighted by atomic mass is 10.0. The van der Waals surface area contributed by atoms with E-state index in [9.17, 15) is 4.79 Å². The van der Waals surface area contributed by atoms with Gasteiger partial charge in [0.1, 0.15) is 11.4 Å². The first-order valence-electron chi connectivity index (χ1n) is 9.71. The van der Waals surface area contributed by atoms with Gasteiger partial charge < -0.3 is 14.5 Å². The molecule has 1 aromatic rings. The average molecular weight is 424 g/mol. The van der Waals surface area contributed by atoms with E-state index in [4.69, 9.17) is 4.74 Å². The lowest BCUT2D eigenvalue weighted by Gasteiger charge is -2.42. The van der Waals surface area contributed by atoms with E-state index in [0.717, 1.165) is 49.1 Å². The summed E-state index contributed by atoms with van der Waals surface area (Å²) in [7, 11) is 0. The van der Waals surface area contributed by atoms with Gasteiger partial charge in [-0.25, -0.2) is 9.78 Å². The molecule has 1 aliphatic carbocycles. The van der Waals surface area contributed by atoms with Crippen molar-refractivity contribution in [1.82, 2.24) is 9.88 Å². The summed E-state index contributed by atoms with van der Waals surface area (Å²) in [6, 6.07) is 4.68. The summed E-state index contributed by atoms with van der Waals surface area (Å²) < 4.78 is 6.74. The summed E-state index contributed by atoms with van der Waals surface area (Å²) in [6.45, 7) is 7.68. The maximum Gasteiger partial charge on any atom is 0.410 e. The minimum absolute atomic E-state index is 0.135. The second kappa shape index (κ2) is 8.15. The number of halogens is 1. The summed E-state index contributed by atoms with van der Waals surface area (Å²) >= 11 is 3.44. The zero-order valence-electron chi connectivity index (χ0n) is 16.1. The summed E-state index contributed by atoms with van der Waals surface area (Å²) in [4.78, 5) is 21.8. The van der Waals surface area contributed by atoms with Crippen molar-refractivity contribution in [3.8, 4) is 0 Å². The third-order valence-electron chi connectivity index (χ3n) is 5.22. The Balaban J connectivity index is 1.66. The zero-order valence-corrected chi connectivity index (χ0v) is 17.7. The molecule has 0 spiro atoms. The van der Waals surface area contributed by atoms with Crippen LogP contribution in [0.2, 0.25) is 0 Å². The number of aromatic nitrogens is 1. The summed E-state index contributed by atoms with van der Waals surface area (Å²) in [5.74, 6) is 1.01. The van der Waals surface area contributed by atoms with Gasteiger partial charge in [-0.2, -0.15) is 0 Å². The van der Waals surface area contributed by atoms with Crippen molar-refractivity contribution in [2.75, 3.05) is 18.0 Å². The second-order valence-corrected chi connectivity index (χ2v) is 9.29. The number of rotatable bonds is 3. The van der Waals surface area contributed by atoms with Crippen LogP contribution in [0.3, 0.4) is 0 Å². The molecule has 3 rings (SSSR count). The number of carbonyl (C=O) groups excluding carboxylic acids is 1. The summed E-state index contributed by atoms with van der Waals surface area (Å²) in [6.07, 6.45) is 8.27. The van der Waals surface area contributed by atoms with Gasteiger partial charge in [0.05, 0.1) is 0 Å². The van der Waals surface area contributed by atoms with Crippen LogP contribution >= 0.6 is 15.9 Å². The van der Waals surface area contributed by atoms with Crippen LogP contribution in [-0.2, 0) is 4.74 Å². The van der Waals surface area contributed by atoms with E-state index in [1.807, 2.05) is 39.1 Å². The molecule has 0 bridgehead atoms. The molecule has 0 aromatic carbocycles. The number of anilines is 1. The quantitative estimate of drug-likeness (QED) is 0.686. The van der Waals surface area contributed by atoms with Crippen LogP contribution in [0.15, 0.2) is 22.8 Å². The number of ether oxygens (including phenoxy) is 1. The fourth-order valence-corrected chi connectivity index (χ4v) is 4.26. The number of carbonyl (C=O) groups is 1. The standard InChI is InChI=1S/C20H30BrN3O2/c1-20(2,3)26-19(25)24(16-6-4-5-7-16)17-10-12-23(13-11-17)18-9-8-15(21)14-22-18/h8-9,14,16-17H,4-7,10-13H2,1-3H3. The number of amides is 1. The van der Waals surface area contributed by atoms with Gasteiger partial charge in [0.15, 0.2) is 0 Å². The molecule has 0 radical (unpaired) electrons. The van der Waals surface area contributed by atoms with Crippen LogP contribution in [0.1, 0.15) is 59.3 Å². The Hall–Kier alpha value is -1.30. The van der Waals surface area contributed by atoms with E-state index in [1.54, 1.807) is 0 Å². The van der Waals surface area contributed by atoms with Gasteiger partial charge in [-0.1, -0.05) is 12.8 Å². The Labute approximate surface area is 165 Å². The molecule has 1 saturated carbocycles. The number of hydrogen-bond acceptors (Lipinski definition) is 4. The normalized spacial score (nSPS) is 19.6. The summed E-state index contributed by atoms with van der Waals surface area (Å²) in [5.41, 5.74) is -0.448. The molecule has 0 N–H and O–H groups in total. The van der Waals surface area contributed by atoms with Crippen molar-refractivity contribution in [2.45, 2.75) is 77.0 Å².